The molecule has 0 aliphatic carbocycles. The molecule has 0 heterocycles. The molecule has 0 fully saturated rings. The average molecular weight is 200 g/mol. The normalized spacial score (nSPS) is 14.3. The van der Waals surface area contributed by atoms with Crippen LogP contribution in [0.5, 0.6) is 0 Å². The van der Waals surface area contributed by atoms with E-state index in [1.54, 1.807) is 0 Å². The lowest BCUT2D eigenvalue weighted by Gasteiger charge is -1.98. The van der Waals surface area contributed by atoms with Crippen molar-refractivity contribution in [2.24, 2.45) is 0 Å². The summed E-state index contributed by atoms with van der Waals surface area (Å²) < 4.78 is 39.9. The molecule has 0 bridgehead atoms. The average Bonchev–Trinajstić information content (AvgIpc) is 1.99. The van der Waals surface area contributed by atoms with E-state index in [1.807, 2.05) is 0 Å². The Morgan fingerprint density at radius 3 is 2.55 bits per heavy atom. The maximum Gasteiger partial charge on any atom is 0.376 e. The Bertz CT molecular complexity index is 241. The van der Waals surface area contributed by atoms with Crippen molar-refractivity contribution >= 4 is 19.3 Å². The van der Waals surface area contributed by atoms with E-state index < -0.39 is 19.3 Å². The van der Waals surface area contributed by atoms with Gasteiger partial charge in [-0.2, -0.15) is 8.42 Å². The smallest absolute Gasteiger partial charge is 0.280 e. The van der Waals surface area contributed by atoms with Crippen LogP contribution in [-0.4, -0.2) is 26.3 Å². The molecule has 5 nitrogen and oxygen atoms in total. The second kappa shape index (κ2) is 4.60. The molecule has 0 saturated heterocycles. The molecule has 1 unspecified atom stereocenters. The van der Waals surface area contributed by atoms with Crippen LogP contribution in [0.15, 0.2) is 12.7 Å². The van der Waals surface area contributed by atoms with Gasteiger partial charge in [-0.25, -0.2) is 4.21 Å². The van der Waals surface area contributed by atoms with Gasteiger partial charge in [-0.15, -0.1) is 6.58 Å². The van der Waals surface area contributed by atoms with Crippen molar-refractivity contribution < 1.29 is 21.0 Å². The third kappa shape index (κ3) is 3.61. The highest BCUT2D eigenvalue weighted by Gasteiger charge is 2.20. The zero-order chi connectivity index (χ0) is 8.91. The molecule has 7 heteroatoms. The van der Waals surface area contributed by atoms with Gasteiger partial charge < -0.3 is 0 Å². The quantitative estimate of drug-likeness (QED) is 0.452. The van der Waals surface area contributed by atoms with Gasteiger partial charge in [0.15, 0.2) is 0 Å². The van der Waals surface area contributed by atoms with Crippen LogP contribution in [0.3, 0.4) is 0 Å². The van der Waals surface area contributed by atoms with Crippen LogP contribution in [0, 0.1) is 0 Å². The van der Waals surface area contributed by atoms with Gasteiger partial charge in [0, 0.05) is 0 Å². The molecular weight excluding hydrogens is 192 g/mol. The second-order valence-corrected chi connectivity index (χ2v) is 5.19. The van der Waals surface area contributed by atoms with Crippen LogP contribution >= 0.6 is 0 Å². The van der Waals surface area contributed by atoms with Crippen LogP contribution in [0.1, 0.15) is 0 Å². The van der Waals surface area contributed by atoms with Gasteiger partial charge in [0.05, 0.1) is 13.7 Å². The summed E-state index contributed by atoms with van der Waals surface area (Å²) in [5, 5.41) is 0. The lowest BCUT2D eigenvalue weighted by Crippen LogP contribution is -2.13. The molecule has 0 amide bonds. The van der Waals surface area contributed by atoms with Crippen molar-refractivity contribution in [3.8, 4) is 0 Å². The fourth-order valence-corrected chi connectivity index (χ4v) is 1.66. The summed E-state index contributed by atoms with van der Waals surface area (Å²) in [6.07, 6.45) is 1.23. The third-order valence-electron chi connectivity index (χ3n) is 0.633. The first-order chi connectivity index (χ1) is 5.04. The second-order valence-electron chi connectivity index (χ2n) is 1.35. The van der Waals surface area contributed by atoms with Gasteiger partial charge in [0.2, 0.25) is 0 Å². The van der Waals surface area contributed by atoms with E-state index >= 15 is 0 Å². The highest BCUT2D eigenvalue weighted by molar-refractivity contribution is 8.60. The number of hydrogen-bond donors (Lipinski definition) is 0. The molecule has 11 heavy (non-hydrogen) atoms. The third-order valence-corrected chi connectivity index (χ3v) is 3.36. The topological polar surface area (TPSA) is 69.7 Å². The Morgan fingerprint density at radius 1 is 1.64 bits per heavy atom. The SMILES string of the molecule is C=CCOS(=O)(=O)S(=O)OC. The van der Waals surface area contributed by atoms with Crippen molar-refractivity contribution in [1.82, 2.24) is 0 Å². The first-order valence-corrected chi connectivity index (χ1v) is 5.51. The Labute approximate surface area is 67.2 Å². The lowest BCUT2D eigenvalue weighted by molar-refractivity contribution is 0.362. The Morgan fingerprint density at radius 2 is 2.18 bits per heavy atom. The van der Waals surface area contributed by atoms with Crippen LogP contribution in [-0.2, 0) is 27.6 Å². The van der Waals surface area contributed by atoms with Gasteiger partial charge >= 0.3 is 19.3 Å². The molecule has 1 atom stereocenters. The van der Waals surface area contributed by atoms with E-state index in [-0.39, 0.29) is 6.61 Å². The summed E-state index contributed by atoms with van der Waals surface area (Å²) in [4.78, 5) is 0. The minimum atomic E-state index is -4.09. The van der Waals surface area contributed by atoms with Crippen LogP contribution < -0.4 is 0 Å². The van der Waals surface area contributed by atoms with Crippen LogP contribution in [0.4, 0.5) is 0 Å². The number of rotatable bonds is 5. The van der Waals surface area contributed by atoms with E-state index in [4.69, 9.17) is 0 Å². The molecule has 0 radical (unpaired) electrons. The van der Waals surface area contributed by atoms with E-state index in [9.17, 15) is 12.6 Å². The maximum absolute atomic E-state index is 10.6. The van der Waals surface area contributed by atoms with Gasteiger partial charge in [-0.1, -0.05) is 6.08 Å². The first kappa shape index (κ1) is 10.8. The molecule has 0 spiro atoms. The Kier molecular flexibility index (Phi) is 4.50. The molecule has 66 valence electrons. The van der Waals surface area contributed by atoms with Gasteiger partial charge in [-0.3, -0.25) is 8.37 Å². The summed E-state index contributed by atoms with van der Waals surface area (Å²) in [6, 6.07) is 0. The van der Waals surface area contributed by atoms with E-state index in [1.165, 1.54) is 6.08 Å². The predicted octanol–water partition coefficient (Wildman–Crippen LogP) is -0.256. The standard InChI is InChI=1S/C4H8O5S2/c1-3-4-9-11(6,7)10(5)8-2/h3H,1,4H2,2H3. The van der Waals surface area contributed by atoms with Gasteiger partial charge in [0.25, 0.3) is 0 Å². The molecule has 0 aliphatic heterocycles. The monoisotopic (exact) mass is 200 g/mol. The maximum atomic E-state index is 10.6. The molecule has 0 rings (SSSR count). The minimum absolute atomic E-state index is 0.211. The first-order valence-electron chi connectivity index (χ1n) is 2.51. The molecule has 0 aromatic rings. The van der Waals surface area contributed by atoms with Crippen molar-refractivity contribution in [1.29, 1.82) is 0 Å². The van der Waals surface area contributed by atoms with Crippen molar-refractivity contribution in [2.45, 2.75) is 0 Å². The Hall–Kier alpha value is -0.240. The summed E-state index contributed by atoms with van der Waals surface area (Å²) in [5.41, 5.74) is 0. The van der Waals surface area contributed by atoms with E-state index in [0.29, 0.717) is 0 Å². The molecule has 0 aromatic carbocycles. The summed E-state index contributed by atoms with van der Waals surface area (Å²) in [6.45, 7) is 3.01. The number of hydrogen-bond acceptors (Lipinski definition) is 5. The molecule has 0 saturated carbocycles. The molecule has 0 N–H and O–H groups in total. The molecule has 0 aromatic heterocycles. The van der Waals surface area contributed by atoms with Crippen LogP contribution in [0.25, 0.3) is 0 Å². The van der Waals surface area contributed by atoms with E-state index in [2.05, 4.69) is 14.9 Å². The summed E-state index contributed by atoms with van der Waals surface area (Å²) >= 11 is 0. The van der Waals surface area contributed by atoms with Gasteiger partial charge in [0.1, 0.15) is 0 Å². The predicted molar refractivity (Wildman–Crippen MR) is 40.2 cm³/mol. The summed E-state index contributed by atoms with van der Waals surface area (Å²) in [7, 11) is -5.53. The van der Waals surface area contributed by atoms with Crippen molar-refractivity contribution in [3.63, 3.8) is 0 Å². The summed E-state index contributed by atoms with van der Waals surface area (Å²) in [5.74, 6) is 0. The fraction of sp³-hybridized carbons (Fsp3) is 0.500. The zero-order valence-corrected chi connectivity index (χ0v) is 7.48. The van der Waals surface area contributed by atoms with E-state index in [0.717, 1.165) is 7.11 Å². The largest absolute Gasteiger partial charge is 0.376 e. The van der Waals surface area contributed by atoms with Crippen LogP contribution in [0.2, 0.25) is 0 Å². The van der Waals surface area contributed by atoms with Gasteiger partial charge in [-0.05, 0) is 0 Å². The molecular formula is C4H8O5S2. The lowest BCUT2D eigenvalue weighted by atomic mass is 10.7. The highest BCUT2D eigenvalue weighted by atomic mass is 33.2. The Balaban J connectivity index is 4.23. The van der Waals surface area contributed by atoms with Crippen molar-refractivity contribution in [2.75, 3.05) is 13.7 Å². The fourth-order valence-electron chi connectivity index (χ4n) is 0.254. The van der Waals surface area contributed by atoms with Crippen molar-refractivity contribution in [3.05, 3.63) is 12.7 Å². The highest BCUT2D eigenvalue weighted by Crippen LogP contribution is 2.00. The molecule has 0 aliphatic rings. The minimum Gasteiger partial charge on any atom is -0.280 e. The zero-order valence-electron chi connectivity index (χ0n) is 5.85.